The van der Waals surface area contributed by atoms with Crippen LogP contribution in [-0.4, -0.2) is 59.2 Å². The molecule has 2 fully saturated rings. The fourth-order valence-electron chi connectivity index (χ4n) is 2.36. The van der Waals surface area contributed by atoms with Gasteiger partial charge >= 0.3 is 5.97 Å². The van der Waals surface area contributed by atoms with Crippen LogP contribution in [0.4, 0.5) is 0 Å². The monoisotopic (exact) mass is 275 g/mol. The molecule has 0 saturated carbocycles. The molecule has 7 heteroatoms. The molecule has 2 aliphatic rings. The Kier molecular flexibility index (Phi) is 3.84. The highest BCUT2D eigenvalue weighted by Crippen LogP contribution is 2.35. The Balaban J connectivity index is 2.17. The van der Waals surface area contributed by atoms with Crippen molar-refractivity contribution in [2.45, 2.75) is 25.2 Å². The minimum atomic E-state index is -1.02. The molecule has 0 aliphatic carbocycles. The van der Waals surface area contributed by atoms with E-state index in [1.54, 1.807) is 6.92 Å². The molecule has 1 spiro atoms. The molecule has 0 aromatic heterocycles. The third-order valence-corrected chi connectivity index (χ3v) is 3.92. The van der Waals surface area contributed by atoms with Crippen molar-refractivity contribution in [3.63, 3.8) is 0 Å². The molecular weight excluding hydrogens is 258 g/mol. The summed E-state index contributed by atoms with van der Waals surface area (Å²) in [5.74, 6) is -2.09. The van der Waals surface area contributed by atoms with Crippen LogP contribution in [0.5, 0.6) is 0 Å². The number of carboxylic acid groups (broad SMARTS) is 1. The summed E-state index contributed by atoms with van der Waals surface area (Å²) in [5, 5.41) is 9.21. The number of thiol groups is 1. The van der Waals surface area contributed by atoms with Crippen LogP contribution in [0.25, 0.3) is 0 Å². The molecule has 1 N–H and O–H groups in total. The van der Waals surface area contributed by atoms with Gasteiger partial charge in [0.2, 0.25) is 5.91 Å². The predicted molar refractivity (Wildman–Crippen MR) is 65.4 cm³/mol. The number of likely N-dealkylation sites (tertiary alicyclic amines) is 1. The zero-order valence-electron chi connectivity index (χ0n) is 10.2. The van der Waals surface area contributed by atoms with Gasteiger partial charge in [0.15, 0.2) is 5.79 Å². The number of carbonyl (C=O) groups excluding carboxylic acids is 1. The van der Waals surface area contributed by atoms with Crippen LogP contribution in [0, 0.1) is 5.92 Å². The van der Waals surface area contributed by atoms with Crippen LogP contribution >= 0.6 is 12.6 Å². The molecule has 2 atom stereocenters. The van der Waals surface area contributed by atoms with Crippen LogP contribution in [0.15, 0.2) is 0 Å². The third-order valence-electron chi connectivity index (χ3n) is 3.37. The Morgan fingerprint density at radius 2 is 2.11 bits per heavy atom. The number of hydrogen-bond donors (Lipinski definition) is 2. The molecule has 0 aromatic carbocycles. The lowest BCUT2D eigenvalue weighted by atomic mass is 10.1. The second kappa shape index (κ2) is 5.07. The Morgan fingerprint density at radius 3 is 2.61 bits per heavy atom. The van der Waals surface area contributed by atoms with E-state index in [1.807, 2.05) is 0 Å². The van der Waals surface area contributed by atoms with Gasteiger partial charge in [-0.1, -0.05) is 6.92 Å². The van der Waals surface area contributed by atoms with E-state index in [-0.39, 0.29) is 24.8 Å². The van der Waals surface area contributed by atoms with Gasteiger partial charge in [0.1, 0.15) is 6.04 Å². The number of carbonyl (C=O) groups is 2. The number of ether oxygens (including phenoxy) is 2. The normalized spacial score (nSPS) is 27.7. The summed E-state index contributed by atoms with van der Waals surface area (Å²) < 4.78 is 11.0. The van der Waals surface area contributed by atoms with Crippen LogP contribution < -0.4 is 0 Å². The number of carboxylic acids is 1. The molecule has 0 bridgehead atoms. The van der Waals surface area contributed by atoms with Crippen molar-refractivity contribution in [1.29, 1.82) is 0 Å². The van der Waals surface area contributed by atoms with E-state index in [1.165, 1.54) is 4.90 Å². The van der Waals surface area contributed by atoms with Gasteiger partial charge in [-0.2, -0.15) is 12.6 Å². The number of rotatable bonds is 3. The summed E-state index contributed by atoms with van der Waals surface area (Å²) in [6.07, 6.45) is 0.188. The lowest BCUT2D eigenvalue weighted by molar-refractivity contribution is -0.153. The zero-order chi connectivity index (χ0) is 13.3. The van der Waals surface area contributed by atoms with E-state index in [2.05, 4.69) is 12.6 Å². The Morgan fingerprint density at radius 1 is 1.50 bits per heavy atom. The van der Waals surface area contributed by atoms with Crippen LogP contribution in [0.2, 0.25) is 0 Å². The molecular formula is C11H17NO5S. The van der Waals surface area contributed by atoms with Crippen molar-refractivity contribution in [1.82, 2.24) is 4.90 Å². The van der Waals surface area contributed by atoms with Gasteiger partial charge in [-0.15, -0.1) is 0 Å². The van der Waals surface area contributed by atoms with Crippen molar-refractivity contribution in [2.24, 2.45) is 5.92 Å². The molecule has 0 radical (unpaired) electrons. The molecule has 0 unspecified atom stereocenters. The number of aliphatic carboxylic acids is 1. The van der Waals surface area contributed by atoms with Crippen molar-refractivity contribution >= 4 is 24.5 Å². The molecule has 18 heavy (non-hydrogen) atoms. The molecule has 2 aliphatic heterocycles. The van der Waals surface area contributed by atoms with Crippen molar-refractivity contribution < 1.29 is 24.2 Å². The Labute approximate surface area is 111 Å². The van der Waals surface area contributed by atoms with Crippen molar-refractivity contribution in [3.8, 4) is 0 Å². The number of amides is 1. The van der Waals surface area contributed by atoms with E-state index in [0.717, 1.165) is 0 Å². The molecule has 2 saturated heterocycles. The van der Waals surface area contributed by atoms with Gasteiger partial charge in [-0.25, -0.2) is 4.79 Å². The van der Waals surface area contributed by atoms with Gasteiger partial charge in [-0.05, 0) is 0 Å². The maximum absolute atomic E-state index is 12.1. The van der Waals surface area contributed by atoms with E-state index < -0.39 is 17.8 Å². The van der Waals surface area contributed by atoms with Crippen LogP contribution in [-0.2, 0) is 19.1 Å². The fraction of sp³-hybridized carbons (Fsp3) is 0.818. The molecule has 102 valence electrons. The SMILES string of the molecule is C[C@H](CS)C(=O)N1CC2(C[C@H]1C(=O)O)OCCO2. The maximum Gasteiger partial charge on any atom is 0.326 e. The lowest BCUT2D eigenvalue weighted by Crippen LogP contribution is -2.44. The molecule has 0 aromatic rings. The first-order chi connectivity index (χ1) is 8.49. The molecule has 2 rings (SSSR count). The highest BCUT2D eigenvalue weighted by molar-refractivity contribution is 7.80. The van der Waals surface area contributed by atoms with Crippen molar-refractivity contribution in [2.75, 3.05) is 25.5 Å². The topological polar surface area (TPSA) is 76.1 Å². The van der Waals surface area contributed by atoms with Gasteiger partial charge in [0.25, 0.3) is 0 Å². The number of hydrogen-bond acceptors (Lipinski definition) is 5. The fourth-order valence-corrected chi connectivity index (χ4v) is 2.51. The first-order valence-corrected chi connectivity index (χ1v) is 6.54. The predicted octanol–water partition coefficient (Wildman–Crippen LogP) is -0.0191. The van der Waals surface area contributed by atoms with E-state index in [4.69, 9.17) is 9.47 Å². The first kappa shape index (κ1) is 13.6. The van der Waals surface area contributed by atoms with Crippen molar-refractivity contribution in [3.05, 3.63) is 0 Å². The van der Waals surface area contributed by atoms with E-state index in [0.29, 0.717) is 19.0 Å². The van der Waals surface area contributed by atoms with Gasteiger partial charge in [-0.3, -0.25) is 4.79 Å². The minimum Gasteiger partial charge on any atom is -0.480 e. The zero-order valence-corrected chi connectivity index (χ0v) is 11.1. The van der Waals surface area contributed by atoms with E-state index >= 15 is 0 Å². The molecule has 1 amide bonds. The standard InChI is InChI=1S/C11H17NO5S/c1-7(5-18)9(13)12-6-11(16-2-3-17-11)4-8(12)10(14)15/h7-8,18H,2-6H2,1H3,(H,14,15)/t7-,8+/m1/s1. The minimum absolute atomic E-state index is 0.181. The highest BCUT2D eigenvalue weighted by Gasteiger charge is 2.53. The average molecular weight is 275 g/mol. The molecule has 6 nitrogen and oxygen atoms in total. The van der Waals surface area contributed by atoms with Crippen LogP contribution in [0.1, 0.15) is 13.3 Å². The maximum atomic E-state index is 12.1. The van der Waals surface area contributed by atoms with Gasteiger partial charge in [0.05, 0.1) is 19.8 Å². The van der Waals surface area contributed by atoms with Gasteiger partial charge in [0, 0.05) is 18.1 Å². The summed E-state index contributed by atoms with van der Waals surface area (Å²) in [6, 6.07) is -0.877. The summed E-state index contributed by atoms with van der Waals surface area (Å²) in [6.45, 7) is 2.80. The first-order valence-electron chi connectivity index (χ1n) is 5.91. The van der Waals surface area contributed by atoms with Gasteiger partial charge < -0.3 is 19.5 Å². The highest BCUT2D eigenvalue weighted by atomic mass is 32.1. The summed E-state index contributed by atoms with van der Waals surface area (Å²) >= 11 is 4.07. The average Bonchev–Trinajstić information content (AvgIpc) is 2.95. The second-order valence-electron chi connectivity index (χ2n) is 4.72. The summed E-state index contributed by atoms with van der Waals surface area (Å²) in [5.41, 5.74) is 0. The number of nitrogens with zero attached hydrogens (tertiary/aromatic N) is 1. The Hall–Kier alpha value is -0.790. The summed E-state index contributed by atoms with van der Waals surface area (Å²) in [7, 11) is 0. The second-order valence-corrected chi connectivity index (χ2v) is 5.08. The lowest BCUT2D eigenvalue weighted by Gasteiger charge is -2.25. The molecule has 2 heterocycles. The Bertz CT molecular complexity index is 355. The quantitative estimate of drug-likeness (QED) is 0.708. The largest absolute Gasteiger partial charge is 0.480 e. The van der Waals surface area contributed by atoms with E-state index in [9.17, 15) is 14.7 Å². The summed E-state index contributed by atoms with van der Waals surface area (Å²) in [4.78, 5) is 24.7. The smallest absolute Gasteiger partial charge is 0.326 e. The third kappa shape index (κ3) is 2.34. The van der Waals surface area contributed by atoms with Crippen LogP contribution in [0.3, 0.4) is 0 Å².